The van der Waals surface area contributed by atoms with Gasteiger partial charge in [-0.15, -0.1) is 0 Å². The minimum absolute atomic E-state index is 0.000709. The molecule has 0 aliphatic carbocycles. The van der Waals surface area contributed by atoms with Crippen LogP contribution in [-0.2, 0) is 21.9 Å². The van der Waals surface area contributed by atoms with Gasteiger partial charge in [-0.25, -0.2) is 8.42 Å². The lowest BCUT2D eigenvalue weighted by atomic mass is 9.87. The Morgan fingerprint density at radius 2 is 1.70 bits per heavy atom. The number of rotatable bonds is 2. The molecule has 0 radical (unpaired) electrons. The Morgan fingerprint density at radius 3 is 2.30 bits per heavy atom. The second kappa shape index (κ2) is 5.53. The van der Waals surface area contributed by atoms with E-state index in [1.165, 1.54) is 4.31 Å². The lowest BCUT2D eigenvalue weighted by Gasteiger charge is -2.22. The van der Waals surface area contributed by atoms with Crippen LogP contribution in [0.3, 0.4) is 0 Å². The molecule has 0 bridgehead atoms. The van der Waals surface area contributed by atoms with Crippen LogP contribution in [0.2, 0.25) is 5.02 Å². The van der Waals surface area contributed by atoms with Gasteiger partial charge >= 0.3 is 0 Å². The van der Waals surface area contributed by atoms with Crippen molar-refractivity contribution in [2.24, 2.45) is 0 Å². The summed E-state index contributed by atoms with van der Waals surface area (Å²) < 4.78 is 27.3. The zero-order valence-corrected chi connectivity index (χ0v) is 15.1. The van der Waals surface area contributed by atoms with E-state index in [9.17, 15) is 8.42 Å². The highest BCUT2D eigenvalue weighted by molar-refractivity contribution is 7.92. The summed E-state index contributed by atoms with van der Waals surface area (Å²) in [6, 6.07) is 12.5. The largest absolute Gasteiger partial charge is 0.266 e. The number of hydrogen-bond acceptors (Lipinski definition) is 2. The van der Waals surface area contributed by atoms with Gasteiger partial charge in [-0.2, -0.15) is 0 Å². The first-order chi connectivity index (χ1) is 10.7. The fourth-order valence-corrected chi connectivity index (χ4v) is 4.54. The van der Waals surface area contributed by atoms with Crippen LogP contribution >= 0.6 is 11.6 Å². The number of fused-ring (bicyclic) bond motifs is 1. The fraction of sp³-hybridized carbons (Fsp3) is 0.333. The predicted molar refractivity (Wildman–Crippen MR) is 94.8 cm³/mol. The average Bonchev–Trinajstić information content (AvgIpc) is 2.90. The second-order valence-electron chi connectivity index (χ2n) is 6.87. The SMILES string of the molecule is CC(C)(C)c1ccc(S(=O)(=O)N2CCc3cc(Cl)ccc32)cc1. The smallest absolute Gasteiger partial charge is 0.264 e. The summed E-state index contributed by atoms with van der Waals surface area (Å²) in [5.41, 5.74) is 2.82. The highest BCUT2D eigenvalue weighted by atomic mass is 35.5. The quantitative estimate of drug-likeness (QED) is 0.806. The van der Waals surface area contributed by atoms with Crippen molar-refractivity contribution in [2.75, 3.05) is 10.8 Å². The van der Waals surface area contributed by atoms with Gasteiger partial charge in [0.15, 0.2) is 0 Å². The van der Waals surface area contributed by atoms with E-state index in [2.05, 4.69) is 20.8 Å². The lowest BCUT2D eigenvalue weighted by Crippen LogP contribution is -2.29. The molecule has 0 spiro atoms. The van der Waals surface area contributed by atoms with E-state index in [1.807, 2.05) is 18.2 Å². The van der Waals surface area contributed by atoms with Gasteiger partial charge in [-0.05, 0) is 53.3 Å². The first-order valence-corrected chi connectivity index (χ1v) is 9.43. The Bertz CT molecular complexity index is 836. The maximum atomic E-state index is 12.9. The van der Waals surface area contributed by atoms with Crippen LogP contribution in [0.5, 0.6) is 0 Å². The summed E-state index contributed by atoms with van der Waals surface area (Å²) >= 11 is 5.99. The van der Waals surface area contributed by atoms with Crippen LogP contribution in [0.1, 0.15) is 31.9 Å². The molecule has 5 heteroatoms. The highest BCUT2D eigenvalue weighted by Gasteiger charge is 2.31. The standard InChI is InChI=1S/C18H20ClNO2S/c1-18(2,3)14-4-7-16(8-5-14)23(21,22)20-11-10-13-12-15(19)6-9-17(13)20/h4-9,12H,10-11H2,1-3H3. The van der Waals surface area contributed by atoms with Crippen LogP contribution < -0.4 is 4.31 Å². The van der Waals surface area contributed by atoms with E-state index < -0.39 is 10.0 Å². The zero-order valence-electron chi connectivity index (χ0n) is 13.5. The minimum Gasteiger partial charge on any atom is -0.266 e. The number of benzene rings is 2. The van der Waals surface area contributed by atoms with Crippen LogP contribution in [0.15, 0.2) is 47.4 Å². The maximum absolute atomic E-state index is 12.9. The molecule has 2 aromatic carbocycles. The summed E-state index contributed by atoms with van der Waals surface area (Å²) in [4.78, 5) is 0.327. The number of sulfonamides is 1. The molecule has 1 aliphatic rings. The molecular weight excluding hydrogens is 330 g/mol. The summed E-state index contributed by atoms with van der Waals surface area (Å²) in [6.45, 7) is 6.78. The summed E-state index contributed by atoms with van der Waals surface area (Å²) in [7, 11) is -3.54. The van der Waals surface area contributed by atoms with Crippen molar-refractivity contribution < 1.29 is 8.42 Å². The Kier molecular flexibility index (Phi) is 3.93. The lowest BCUT2D eigenvalue weighted by molar-refractivity contribution is 0.585. The molecule has 2 aromatic rings. The van der Waals surface area contributed by atoms with Crippen molar-refractivity contribution in [3.63, 3.8) is 0 Å². The van der Waals surface area contributed by atoms with Gasteiger partial charge in [0, 0.05) is 11.6 Å². The van der Waals surface area contributed by atoms with Gasteiger partial charge in [-0.3, -0.25) is 4.31 Å². The van der Waals surface area contributed by atoms with E-state index in [0.717, 1.165) is 16.8 Å². The van der Waals surface area contributed by atoms with Crippen LogP contribution in [0, 0.1) is 0 Å². The number of nitrogens with zero attached hydrogens (tertiary/aromatic N) is 1. The molecule has 0 saturated heterocycles. The molecule has 0 aromatic heterocycles. The third-order valence-corrected chi connectivity index (χ3v) is 6.27. The van der Waals surface area contributed by atoms with Crippen molar-refractivity contribution in [3.8, 4) is 0 Å². The molecule has 0 atom stereocenters. The van der Waals surface area contributed by atoms with Gasteiger partial charge < -0.3 is 0 Å². The van der Waals surface area contributed by atoms with Crippen molar-refractivity contribution in [1.29, 1.82) is 0 Å². The third kappa shape index (κ3) is 2.98. The van der Waals surface area contributed by atoms with Gasteiger partial charge in [0.2, 0.25) is 0 Å². The first kappa shape index (κ1) is 16.3. The predicted octanol–water partition coefficient (Wildman–Crippen LogP) is 4.39. The normalized spacial score (nSPS) is 14.9. The van der Waals surface area contributed by atoms with Crippen LogP contribution in [0.4, 0.5) is 5.69 Å². The summed E-state index contributed by atoms with van der Waals surface area (Å²) in [6.07, 6.45) is 0.690. The van der Waals surface area contributed by atoms with Gasteiger partial charge in [-0.1, -0.05) is 44.5 Å². The van der Waals surface area contributed by atoms with Gasteiger partial charge in [0.05, 0.1) is 10.6 Å². The maximum Gasteiger partial charge on any atom is 0.264 e. The molecule has 3 rings (SSSR count). The zero-order chi connectivity index (χ0) is 16.8. The van der Waals surface area contributed by atoms with Crippen LogP contribution in [-0.4, -0.2) is 15.0 Å². The molecule has 0 saturated carbocycles. The van der Waals surface area contributed by atoms with Gasteiger partial charge in [0.25, 0.3) is 10.0 Å². The molecule has 0 fully saturated rings. The molecule has 1 heterocycles. The van der Waals surface area contributed by atoms with E-state index in [0.29, 0.717) is 22.9 Å². The van der Waals surface area contributed by atoms with E-state index in [-0.39, 0.29) is 5.41 Å². The van der Waals surface area contributed by atoms with Gasteiger partial charge in [0.1, 0.15) is 0 Å². The van der Waals surface area contributed by atoms with Crippen molar-refractivity contribution in [3.05, 3.63) is 58.6 Å². The number of hydrogen-bond donors (Lipinski definition) is 0. The Hall–Kier alpha value is -1.52. The van der Waals surface area contributed by atoms with E-state index in [1.54, 1.807) is 24.3 Å². The molecule has 0 unspecified atom stereocenters. The topological polar surface area (TPSA) is 37.4 Å². The third-order valence-electron chi connectivity index (χ3n) is 4.20. The van der Waals surface area contributed by atoms with Crippen LogP contribution in [0.25, 0.3) is 0 Å². The monoisotopic (exact) mass is 349 g/mol. The molecule has 0 amide bonds. The van der Waals surface area contributed by atoms with E-state index in [4.69, 9.17) is 11.6 Å². The Balaban J connectivity index is 1.98. The second-order valence-corrected chi connectivity index (χ2v) is 9.17. The molecular formula is C18H20ClNO2S. The summed E-state index contributed by atoms with van der Waals surface area (Å²) in [5.74, 6) is 0. The molecule has 3 nitrogen and oxygen atoms in total. The molecule has 122 valence electrons. The molecule has 23 heavy (non-hydrogen) atoms. The fourth-order valence-electron chi connectivity index (χ4n) is 2.84. The average molecular weight is 350 g/mol. The van der Waals surface area contributed by atoms with Crippen molar-refractivity contribution in [1.82, 2.24) is 0 Å². The van der Waals surface area contributed by atoms with Crippen molar-refractivity contribution >= 4 is 27.3 Å². The minimum atomic E-state index is -3.54. The highest BCUT2D eigenvalue weighted by Crippen LogP contribution is 2.35. The Morgan fingerprint density at radius 1 is 1.04 bits per heavy atom. The number of halogens is 1. The number of anilines is 1. The first-order valence-electron chi connectivity index (χ1n) is 7.61. The van der Waals surface area contributed by atoms with Crippen molar-refractivity contribution in [2.45, 2.75) is 37.5 Å². The molecule has 1 aliphatic heterocycles. The molecule has 0 N–H and O–H groups in total. The van der Waals surface area contributed by atoms with E-state index >= 15 is 0 Å². The summed E-state index contributed by atoms with van der Waals surface area (Å²) in [5, 5.41) is 0.637. The Labute approximate surface area is 142 Å².